The van der Waals surface area contributed by atoms with Crippen molar-refractivity contribution >= 4 is 38.7 Å². The summed E-state index contributed by atoms with van der Waals surface area (Å²) in [6.07, 6.45) is 0. The number of nitrogens with zero attached hydrogens (tertiary/aromatic N) is 1. The molecule has 0 aliphatic carbocycles. The summed E-state index contributed by atoms with van der Waals surface area (Å²) in [4.78, 5) is 22.9. The Hall–Kier alpha value is -2.43. The van der Waals surface area contributed by atoms with Crippen molar-refractivity contribution < 1.29 is 28.0 Å². The van der Waals surface area contributed by atoms with Gasteiger partial charge >= 0.3 is 0 Å². The molecule has 0 saturated carbocycles. The summed E-state index contributed by atoms with van der Waals surface area (Å²) in [5, 5.41) is 10.0. The summed E-state index contributed by atoms with van der Waals surface area (Å²) in [7, 11) is -1.31. The lowest BCUT2D eigenvalue weighted by Gasteiger charge is -2.19. The van der Waals surface area contributed by atoms with E-state index in [0.29, 0.717) is 5.69 Å². The molecule has 8 nitrogen and oxygen atoms in total. The average molecular weight is 384 g/mol. The fourth-order valence-corrected chi connectivity index (χ4v) is 4.93. The number of ether oxygens (including phenoxy) is 1. The third-order valence-electron chi connectivity index (χ3n) is 3.49. The first-order chi connectivity index (χ1) is 11.7. The van der Waals surface area contributed by atoms with E-state index in [-0.39, 0.29) is 26.9 Å². The minimum absolute atomic E-state index is 0.0145. The van der Waals surface area contributed by atoms with Crippen LogP contribution in [0.2, 0.25) is 0 Å². The number of sulfonamides is 1. The van der Waals surface area contributed by atoms with Crippen LogP contribution in [0.15, 0.2) is 33.9 Å². The number of methoxy groups -OCH3 is 1. The zero-order valence-corrected chi connectivity index (χ0v) is 15.3. The van der Waals surface area contributed by atoms with Gasteiger partial charge in [-0.05, 0) is 31.2 Å². The van der Waals surface area contributed by atoms with Gasteiger partial charge in [0.1, 0.15) is 0 Å². The van der Waals surface area contributed by atoms with E-state index in [1.165, 1.54) is 56.2 Å². The minimum Gasteiger partial charge on any atom is -0.494 e. The zero-order valence-electron chi connectivity index (χ0n) is 13.6. The van der Waals surface area contributed by atoms with Gasteiger partial charge in [0, 0.05) is 18.0 Å². The number of carbonyl (C=O) groups is 2. The van der Waals surface area contributed by atoms with E-state index in [1.807, 2.05) is 0 Å². The summed E-state index contributed by atoms with van der Waals surface area (Å²) in [6.45, 7) is 1.33. The maximum absolute atomic E-state index is 12.8. The van der Waals surface area contributed by atoms with Gasteiger partial charge in [0.2, 0.25) is 0 Å². The molecule has 25 heavy (non-hydrogen) atoms. The molecule has 0 aliphatic heterocycles. The number of carbonyl (C=O) groups excluding carboxylic acids is 2. The highest BCUT2D eigenvalue weighted by atomic mass is 32.2. The lowest BCUT2D eigenvalue weighted by atomic mass is 10.2. The Morgan fingerprint density at radius 2 is 1.84 bits per heavy atom. The lowest BCUT2D eigenvalue weighted by Crippen LogP contribution is -2.26. The lowest BCUT2D eigenvalue weighted by molar-refractivity contribution is 0.0706. The van der Waals surface area contributed by atoms with E-state index in [9.17, 15) is 18.0 Å². The van der Waals surface area contributed by atoms with Gasteiger partial charge in [-0.2, -0.15) is 0 Å². The fourth-order valence-electron chi connectivity index (χ4n) is 2.09. The highest BCUT2D eigenvalue weighted by molar-refractivity contribution is 7.94. The largest absolute Gasteiger partial charge is 0.494 e. The second-order valence-electron chi connectivity index (χ2n) is 4.99. The van der Waals surface area contributed by atoms with E-state index in [2.05, 4.69) is 0 Å². The van der Waals surface area contributed by atoms with Crippen LogP contribution in [0, 0.1) is 0 Å². The molecule has 0 radical (unpaired) electrons. The fraction of sp³-hybridized carbons (Fsp3) is 0.200. The number of Topliss-reactive ketones (excluding diaryl/α,β-unsaturated/α-hetero) is 1. The third kappa shape index (κ3) is 3.50. The van der Waals surface area contributed by atoms with Gasteiger partial charge < -0.3 is 4.74 Å². The molecular formula is C15H16N2O6S2. The molecule has 2 aromatic rings. The summed E-state index contributed by atoms with van der Waals surface area (Å²) in [6, 6.07) is 5.60. The van der Waals surface area contributed by atoms with Crippen molar-refractivity contribution in [1.82, 2.24) is 5.48 Å². The Morgan fingerprint density at radius 3 is 2.32 bits per heavy atom. The van der Waals surface area contributed by atoms with Gasteiger partial charge in [0.05, 0.1) is 18.4 Å². The topological polar surface area (TPSA) is 113 Å². The molecule has 0 saturated heterocycles. The molecular weight excluding hydrogens is 368 g/mol. The zero-order chi connectivity index (χ0) is 18.8. The highest BCUT2D eigenvalue weighted by Crippen LogP contribution is 2.37. The van der Waals surface area contributed by atoms with Crippen LogP contribution >= 0.6 is 11.3 Å². The second kappa shape index (κ2) is 7.21. The number of hydroxylamine groups is 1. The molecule has 10 heteroatoms. The summed E-state index contributed by atoms with van der Waals surface area (Å²) >= 11 is 0.898. The SMILES string of the molecule is COc1c(C(C)=O)csc1S(=O)(=O)N(C)c1ccc(C(=O)NO)cc1. The van der Waals surface area contributed by atoms with E-state index in [1.54, 1.807) is 0 Å². The van der Waals surface area contributed by atoms with Crippen LogP contribution in [-0.4, -0.2) is 39.5 Å². The maximum Gasteiger partial charge on any atom is 0.277 e. The number of rotatable bonds is 6. The third-order valence-corrected chi connectivity index (χ3v) is 6.75. The standard InChI is InChI=1S/C15H16N2O6S2/c1-9(18)12-8-24-15(13(12)23-3)25(21,22)17(2)11-6-4-10(5-7-11)14(19)16-20/h4-8,20H,1-3H3,(H,16,19). The average Bonchev–Trinajstić information content (AvgIpc) is 3.05. The summed E-state index contributed by atoms with van der Waals surface area (Å²) in [5.41, 5.74) is 2.17. The molecule has 0 atom stereocenters. The number of benzene rings is 1. The first kappa shape index (κ1) is 18.9. The predicted octanol–water partition coefficient (Wildman–Crippen LogP) is 1.90. The molecule has 0 aliphatic rings. The minimum atomic E-state index is -3.96. The quantitative estimate of drug-likeness (QED) is 0.447. The van der Waals surface area contributed by atoms with Crippen LogP contribution < -0.4 is 14.5 Å². The number of nitrogens with one attached hydrogen (secondary N) is 1. The van der Waals surface area contributed by atoms with Gasteiger partial charge in [0.15, 0.2) is 15.7 Å². The summed E-state index contributed by atoms with van der Waals surface area (Å²) < 4.78 is 31.8. The molecule has 1 amide bonds. The molecule has 0 spiro atoms. The van der Waals surface area contributed by atoms with Crippen LogP contribution in [0.1, 0.15) is 27.6 Å². The molecule has 0 unspecified atom stereocenters. The Kier molecular flexibility index (Phi) is 5.45. The normalized spacial score (nSPS) is 11.0. The molecule has 134 valence electrons. The second-order valence-corrected chi connectivity index (χ2v) is 8.03. The Morgan fingerprint density at radius 1 is 1.24 bits per heavy atom. The molecule has 2 N–H and O–H groups in total. The highest BCUT2D eigenvalue weighted by Gasteiger charge is 2.30. The molecule has 0 bridgehead atoms. The number of amides is 1. The number of hydrogen-bond acceptors (Lipinski definition) is 7. The summed E-state index contributed by atoms with van der Waals surface area (Å²) in [5.74, 6) is -0.986. The monoisotopic (exact) mass is 384 g/mol. The first-order valence-electron chi connectivity index (χ1n) is 6.93. The Bertz CT molecular complexity index is 903. The van der Waals surface area contributed by atoms with Crippen LogP contribution in [0.5, 0.6) is 5.75 Å². The van der Waals surface area contributed by atoms with Gasteiger partial charge in [-0.15, -0.1) is 11.3 Å². The van der Waals surface area contributed by atoms with E-state index < -0.39 is 15.9 Å². The molecule has 1 aromatic heterocycles. The molecule has 1 heterocycles. The van der Waals surface area contributed by atoms with Crippen LogP contribution in [-0.2, 0) is 10.0 Å². The van der Waals surface area contributed by atoms with E-state index >= 15 is 0 Å². The van der Waals surface area contributed by atoms with Crippen molar-refractivity contribution in [2.45, 2.75) is 11.1 Å². The molecule has 0 fully saturated rings. The van der Waals surface area contributed by atoms with Gasteiger partial charge in [-0.1, -0.05) is 0 Å². The molecule has 2 rings (SSSR count). The molecule has 1 aromatic carbocycles. The van der Waals surface area contributed by atoms with E-state index in [4.69, 9.17) is 9.94 Å². The number of hydrogen-bond donors (Lipinski definition) is 2. The smallest absolute Gasteiger partial charge is 0.277 e. The Balaban J connectivity index is 2.43. The predicted molar refractivity (Wildman–Crippen MR) is 92.2 cm³/mol. The van der Waals surface area contributed by atoms with Crippen LogP contribution in [0.4, 0.5) is 5.69 Å². The van der Waals surface area contributed by atoms with Crippen LogP contribution in [0.25, 0.3) is 0 Å². The maximum atomic E-state index is 12.8. The van der Waals surface area contributed by atoms with Crippen molar-refractivity contribution in [3.63, 3.8) is 0 Å². The number of thiophene rings is 1. The van der Waals surface area contributed by atoms with Gasteiger partial charge in [-0.3, -0.25) is 19.1 Å². The van der Waals surface area contributed by atoms with Crippen molar-refractivity contribution in [3.05, 3.63) is 40.8 Å². The number of ketones is 1. The van der Waals surface area contributed by atoms with Crippen LogP contribution in [0.3, 0.4) is 0 Å². The van der Waals surface area contributed by atoms with E-state index in [0.717, 1.165) is 15.6 Å². The van der Waals surface area contributed by atoms with Gasteiger partial charge in [-0.25, -0.2) is 13.9 Å². The van der Waals surface area contributed by atoms with Crippen molar-refractivity contribution in [1.29, 1.82) is 0 Å². The number of anilines is 1. The van der Waals surface area contributed by atoms with Crippen molar-refractivity contribution in [3.8, 4) is 5.75 Å². The van der Waals surface area contributed by atoms with Gasteiger partial charge in [0.25, 0.3) is 15.9 Å². The van der Waals surface area contributed by atoms with Crippen molar-refractivity contribution in [2.75, 3.05) is 18.5 Å². The Labute approximate surface area is 148 Å². The van der Waals surface area contributed by atoms with Crippen molar-refractivity contribution in [2.24, 2.45) is 0 Å². The first-order valence-corrected chi connectivity index (χ1v) is 9.25.